The summed E-state index contributed by atoms with van der Waals surface area (Å²) < 4.78 is 19.1. The first-order valence-electron chi connectivity index (χ1n) is 13.1. The monoisotopic (exact) mass is 714 g/mol. The van der Waals surface area contributed by atoms with Crippen molar-refractivity contribution < 1.29 is 18.3 Å². The maximum atomic E-state index is 4.90. The van der Waals surface area contributed by atoms with Crippen LogP contribution in [0, 0.1) is 27.7 Å². The summed E-state index contributed by atoms with van der Waals surface area (Å²) in [6.45, 7) is 16.8. The number of nitrogens with one attached hydrogen (secondary N) is 2. The van der Waals surface area contributed by atoms with Crippen molar-refractivity contribution in [2.24, 2.45) is 9.98 Å². The average molecular weight is 715 g/mol. The number of rotatable bonds is 0. The number of aliphatic imine (C=N–C) groups is 2. The lowest BCUT2D eigenvalue weighted by molar-refractivity contribution is 0.267. The van der Waals surface area contributed by atoms with E-state index in [2.05, 4.69) is 47.1 Å². The molecule has 3 aliphatic rings. The second-order valence-electron chi connectivity index (χ2n) is 8.18. The molecule has 48 heavy (non-hydrogen) atoms. The van der Waals surface area contributed by atoms with Gasteiger partial charge < -0.3 is 28.6 Å². The summed E-state index contributed by atoms with van der Waals surface area (Å²) in [4.78, 5) is 26.1. The fraction of sp³-hybridized carbons (Fsp3) is 0.529. The zero-order valence-corrected chi connectivity index (χ0v) is 27.0. The molecule has 0 fully saturated rings. The Hall–Kier alpha value is -3.91. The highest BCUT2D eigenvalue weighted by Crippen LogP contribution is 2.09. The van der Waals surface area contributed by atoms with Gasteiger partial charge in [-0.05, 0) is 34.6 Å². The number of ether oxygens (including phenoxy) is 2. The Balaban J connectivity index is -0.000000105. The number of allylic oxidation sites excluding steroid dienone is 1. The van der Waals surface area contributed by atoms with Crippen LogP contribution in [0.2, 0.25) is 0 Å². The number of aromatic amines is 1. The van der Waals surface area contributed by atoms with Crippen molar-refractivity contribution in [3.05, 3.63) is 83.5 Å². The number of thioether (sulfide) groups is 1. The van der Waals surface area contributed by atoms with E-state index in [1.54, 1.807) is 61.8 Å². The van der Waals surface area contributed by atoms with Crippen LogP contribution < -0.4 is 5.32 Å². The summed E-state index contributed by atoms with van der Waals surface area (Å²) in [6.07, 6.45) is 13.3. The lowest BCUT2D eigenvalue weighted by atomic mass is 10.6. The molecule has 0 spiro atoms. The number of imidazole rings is 1. The van der Waals surface area contributed by atoms with Gasteiger partial charge >= 0.3 is 0 Å². The number of oxazole rings is 2. The topological polar surface area (TPSA) is 149 Å². The highest BCUT2D eigenvalue weighted by Gasteiger charge is 1.97. The molecule has 278 valence electrons. The van der Waals surface area contributed by atoms with Crippen LogP contribution in [0.15, 0.2) is 79.8 Å². The molecule has 0 radical (unpaired) electrons. The van der Waals surface area contributed by atoms with E-state index >= 15 is 0 Å². The lowest BCUT2D eigenvalue weighted by Gasteiger charge is -1.86. The molecule has 0 amide bonds. The largest absolute Gasteiger partial charge is 0.479 e. The molecular weight excluding hydrogens is 649 g/mol. The standard InChI is InChI=1S/C4H6N2.C4H7NO.C4H5NO.C4H7NO.C4H5NO.C4H7NS.C4H5NS.6CH4/c1-4-5-2-3-6-4;1-4-2-6-3-5-4;1-4-2-5-3-6-4;4*1-4-5-2-3-6-4;;;;;;/h2-3H,1H3,(H,5,6);2,5H,3H2,1H3;2-3H,1H3;2-3H2,1H3;2-3H,1H3;2-3H2,1H3;2-3H,1H3;6*1H4. The van der Waals surface area contributed by atoms with Crippen LogP contribution >= 0.6 is 23.1 Å². The quantitative estimate of drug-likeness (QED) is 0.180. The second kappa shape index (κ2) is 37.5. The molecule has 0 aromatic carbocycles. The number of nitrogens with zero attached hydrogens (tertiary/aromatic N) is 6. The number of hydrogen-bond donors (Lipinski definition) is 2. The second-order valence-corrected chi connectivity index (χ2v) is 10.6. The number of hydrogen-bond acceptors (Lipinski definition) is 13. The molecule has 7 rings (SSSR count). The van der Waals surface area contributed by atoms with Gasteiger partial charge in [-0.1, -0.05) is 44.6 Å². The van der Waals surface area contributed by atoms with E-state index in [0.29, 0.717) is 6.73 Å². The van der Waals surface area contributed by atoms with Gasteiger partial charge in [0.15, 0.2) is 24.9 Å². The summed E-state index contributed by atoms with van der Waals surface area (Å²) in [5.74, 6) is 4.57. The Morgan fingerprint density at radius 1 is 0.792 bits per heavy atom. The third-order valence-corrected chi connectivity index (χ3v) is 6.11. The molecule has 0 atom stereocenters. The summed E-state index contributed by atoms with van der Waals surface area (Å²) in [7, 11) is 0. The number of H-pyrrole nitrogens is 1. The van der Waals surface area contributed by atoms with Crippen molar-refractivity contribution in [1.29, 1.82) is 0 Å². The summed E-state index contributed by atoms with van der Waals surface area (Å²) in [6, 6.07) is 0. The van der Waals surface area contributed by atoms with Gasteiger partial charge in [0.2, 0.25) is 0 Å². The zero-order valence-electron chi connectivity index (χ0n) is 25.4. The van der Waals surface area contributed by atoms with Crippen molar-refractivity contribution in [2.45, 2.75) is 93.0 Å². The maximum Gasteiger partial charge on any atom is 0.190 e. The van der Waals surface area contributed by atoms with E-state index in [0.717, 1.165) is 53.8 Å². The Bertz CT molecular complexity index is 1050. The van der Waals surface area contributed by atoms with Crippen LogP contribution in [0.3, 0.4) is 0 Å². The Labute approximate surface area is 300 Å². The number of aromatic nitrogens is 5. The zero-order chi connectivity index (χ0) is 30.8. The van der Waals surface area contributed by atoms with E-state index < -0.39 is 0 Å². The third kappa shape index (κ3) is 35.0. The summed E-state index contributed by atoms with van der Waals surface area (Å²) in [5.41, 5.74) is 1.11. The van der Waals surface area contributed by atoms with Crippen molar-refractivity contribution >= 4 is 34.0 Å². The molecule has 0 saturated heterocycles. The van der Waals surface area contributed by atoms with Crippen molar-refractivity contribution in [3.63, 3.8) is 0 Å². The van der Waals surface area contributed by atoms with Crippen LogP contribution in [-0.4, -0.2) is 68.0 Å². The predicted octanol–water partition coefficient (Wildman–Crippen LogP) is 9.96. The van der Waals surface area contributed by atoms with Gasteiger partial charge in [0.05, 0.1) is 29.0 Å². The fourth-order valence-electron chi connectivity index (χ4n) is 2.46. The molecule has 0 aliphatic carbocycles. The van der Waals surface area contributed by atoms with E-state index in [9.17, 15) is 0 Å². The third-order valence-electron chi connectivity index (χ3n) is 4.47. The van der Waals surface area contributed by atoms with Crippen molar-refractivity contribution in [3.8, 4) is 0 Å². The molecule has 4 aromatic heterocycles. The van der Waals surface area contributed by atoms with Gasteiger partial charge in [0.1, 0.15) is 30.7 Å². The molecule has 4 aromatic rings. The fourth-order valence-corrected chi connectivity index (χ4v) is 3.56. The van der Waals surface area contributed by atoms with E-state index in [4.69, 9.17) is 18.3 Å². The minimum Gasteiger partial charge on any atom is -0.479 e. The minimum atomic E-state index is 0. The molecule has 0 bridgehead atoms. The van der Waals surface area contributed by atoms with Gasteiger partial charge in [-0.2, -0.15) is 0 Å². The average Bonchev–Trinajstić information content (AvgIpc) is 3.79. The molecule has 3 aliphatic heterocycles. The maximum absolute atomic E-state index is 4.90. The van der Waals surface area contributed by atoms with Crippen LogP contribution in [0.5, 0.6) is 0 Å². The minimum absolute atomic E-state index is 0. The van der Waals surface area contributed by atoms with Crippen molar-refractivity contribution in [2.75, 3.05) is 32.2 Å². The van der Waals surface area contributed by atoms with E-state index in [-0.39, 0.29) is 44.6 Å². The van der Waals surface area contributed by atoms with Crippen LogP contribution in [-0.2, 0) is 9.47 Å². The first-order chi connectivity index (χ1) is 20.3. The Morgan fingerprint density at radius 2 is 1.52 bits per heavy atom. The Morgan fingerprint density at radius 3 is 1.67 bits per heavy atom. The van der Waals surface area contributed by atoms with E-state index in [1.165, 1.54) is 17.2 Å². The lowest BCUT2D eigenvalue weighted by Crippen LogP contribution is -2.04. The smallest absolute Gasteiger partial charge is 0.190 e. The normalized spacial score (nSPS) is 11.9. The van der Waals surface area contributed by atoms with Crippen LogP contribution in [0.25, 0.3) is 0 Å². The number of aryl methyl sites for hydroxylation is 4. The van der Waals surface area contributed by atoms with E-state index in [1.807, 2.05) is 51.8 Å². The molecule has 0 saturated carbocycles. The van der Waals surface area contributed by atoms with Gasteiger partial charge in [-0.3, -0.25) is 15.0 Å². The van der Waals surface area contributed by atoms with Gasteiger partial charge in [0, 0.05) is 55.8 Å². The highest BCUT2D eigenvalue weighted by atomic mass is 32.2. The predicted molar refractivity (Wildman–Crippen MR) is 210 cm³/mol. The molecule has 0 unspecified atom stereocenters. The van der Waals surface area contributed by atoms with Crippen molar-refractivity contribution in [1.82, 2.24) is 30.2 Å². The van der Waals surface area contributed by atoms with Gasteiger partial charge in [-0.25, -0.2) is 15.0 Å². The molecule has 14 heteroatoms. The first-order valence-corrected chi connectivity index (χ1v) is 15.0. The van der Waals surface area contributed by atoms with Gasteiger partial charge in [0.25, 0.3) is 0 Å². The molecule has 12 nitrogen and oxygen atoms in total. The summed E-state index contributed by atoms with van der Waals surface area (Å²) >= 11 is 3.51. The molecule has 2 N–H and O–H groups in total. The highest BCUT2D eigenvalue weighted by molar-refractivity contribution is 8.14. The first kappa shape index (κ1) is 56.4. The van der Waals surface area contributed by atoms with Crippen LogP contribution in [0.1, 0.15) is 87.8 Å². The van der Waals surface area contributed by atoms with Gasteiger partial charge in [-0.15, -0.1) is 23.1 Å². The molecule has 7 heterocycles. The molecular formula is C34H66N8O4S2. The Kier molecular flexibility index (Phi) is 44.1. The summed E-state index contributed by atoms with van der Waals surface area (Å²) in [5, 5.41) is 7.31. The SMILES string of the molecule is C.C.C.C.C.C.CC1=COCN1.CC1=NCCO1.CC1=NCCS1.Cc1cnco1.Cc1ncc[nH]1.Cc1ncco1.Cc1nccs1. The number of thiazole rings is 1. The van der Waals surface area contributed by atoms with Crippen LogP contribution in [0.4, 0.5) is 0 Å².